The van der Waals surface area contributed by atoms with Crippen LogP contribution in [-0.2, 0) is 9.53 Å². The summed E-state index contributed by atoms with van der Waals surface area (Å²) in [6.45, 7) is 9.05. The third-order valence-corrected chi connectivity index (χ3v) is 1.38. The first-order chi connectivity index (χ1) is 7.02. The SMILES string of the molecule is C=C(N)/C(=C\C(=C/C)C(=O)O)OC.CC. The molecule has 4 nitrogen and oxygen atoms in total. The number of methoxy groups -OCH3 is 1. The van der Waals surface area contributed by atoms with Crippen molar-refractivity contribution in [3.05, 3.63) is 35.8 Å². The van der Waals surface area contributed by atoms with Gasteiger partial charge in [-0.25, -0.2) is 4.79 Å². The van der Waals surface area contributed by atoms with Crippen LogP contribution in [0.3, 0.4) is 0 Å². The summed E-state index contributed by atoms with van der Waals surface area (Å²) in [7, 11) is 1.40. The average Bonchev–Trinajstić information content (AvgIpc) is 2.21. The van der Waals surface area contributed by atoms with E-state index in [1.165, 1.54) is 19.3 Å². The third kappa shape index (κ3) is 6.37. The van der Waals surface area contributed by atoms with Crippen molar-refractivity contribution in [1.29, 1.82) is 0 Å². The first kappa shape index (κ1) is 15.7. The summed E-state index contributed by atoms with van der Waals surface area (Å²) in [5.74, 6) is -0.770. The van der Waals surface area contributed by atoms with E-state index >= 15 is 0 Å². The fraction of sp³-hybridized carbons (Fsp3) is 0.364. The molecule has 0 aromatic heterocycles. The smallest absolute Gasteiger partial charge is 0.335 e. The molecule has 0 fully saturated rings. The third-order valence-electron chi connectivity index (χ3n) is 1.38. The van der Waals surface area contributed by atoms with Gasteiger partial charge in [-0.05, 0) is 13.0 Å². The highest BCUT2D eigenvalue weighted by atomic mass is 16.5. The normalized spacial score (nSPS) is 11.2. The molecule has 0 saturated heterocycles. The summed E-state index contributed by atoms with van der Waals surface area (Å²) in [5, 5.41) is 8.66. The highest BCUT2D eigenvalue weighted by Crippen LogP contribution is 2.07. The number of allylic oxidation sites excluding steroid dienone is 1. The molecule has 0 aliphatic rings. The molecule has 0 radical (unpaired) electrons. The maximum absolute atomic E-state index is 10.6. The Hall–Kier alpha value is -1.71. The van der Waals surface area contributed by atoms with Crippen LogP contribution in [0.4, 0.5) is 0 Å². The van der Waals surface area contributed by atoms with Crippen LogP contribution in [0.25, 0.3) is 0 Å². The van der Waals surface area contributed by atoms with E-state index in [0.29, 0.717) is 0 Å². The fourth-order valence-electron chi connectivity index (χ4n) is 0.692. The number of carboxylic acid groups (broad SMARTS) is 1. The number of carboxylic acids is 1. The molecule has 3 N–H and O–H groups in total. The van der Waals surface area contributed by atoms with E-state index in [-0.39, 0.29) is 17.0 Å². The maximum atomic E-state index is 10.6. The van der Waals surface area contributed by atoms with E-state index in [4.69, 9.17) is 15.6 Å². The van der Waals surface area contributed by atoms with Crippen LogP contribution in [0.5, 0.6) is 0 Å². The summed E-state index contributed by atoms with van der Waals surface area (Å²) < 4.78 is 4.83. The Morgan fingerprint density at radius 2 is 1.93 bits per heavy atom. The van der Waals surface area contributed by atoms with Gasteiger partial charge in [0, 0.05) is 0 Å². The average molecular weight is 213 g/mol. The van der Waals surface area contributed by atoms with Crippen molar-refractivity contribution < 1.29 is 14.6 Å². The van der Waals surface area contributed by atoms with Crippen molar-refractivity contribution in [3.8, 4) is 0 Å². The van der Waals surface area contributed by atoms with E-state index < -0.39 is 5.97 Å². The Morgan fingerprint density at radius 3 is 2.13 bits per heavy atom. The molecule has 4 heteroatoms. The summed E-state index contributed by atoms with van der Waals surface area (Å²) >= 11 is 0. The van der Waals surface area contributed by atoms with Gasteiger partial charge in [0.05, 0.1) is 18.4 Å². The van der Waals surface area contributed by atoms with Crippen LogP contribution in [0.1, 0.15) is 20.8 Å². The minimum Gasteiger partial charge on any atom is -0.495 e. The van der Waals surface area contributed by atoms with Gasteiger partial charge >= 0.3 is 5.97 Å². The van der Waals surface area contributed by atoms with Crippen LogP contribution in [0.2, 0.25) is 0 Å². The van der Waals surface area contributed by atoms with Crippen molar-refractivity contribution in [2.45, 2.75) is 20.8 Å². The molecule has 0 aliphatic heterocycles. The first-order valence-electron chi connectivity index (χ1n) is 4.63. The lowest BCUT2D eigenvalue weighted by atomic mass is 10.2. The lowest BCUT2D eigenvalue weighted by Gasteiger charge is -2.04. The standard InChI is InChI=1S/C9H13NO3.C2H6/c1-4-7(9(11)12)5-8(13-3)6(2)10;1-2/h4-5H,2,10H2,1,3H3,(H,11,12);1-2H3/b7-4+,8-5+;. The van der Waals surface area contributed by atoms with E-state index in [1.54, 1.807) is 6.92 Å². The molecule has 0 aliphatic carbocycles. The molecule has 86 valence electrons. The number of hydrogen-bond acceptors (Lipinski definition) is 3. The minimum absolute atomic E-state index is 0.114. The number of carbonyl (C=O) groups is 1. The van der Waals surface area contributed by atoms with Crippen molar-refractivity contribution in [2.24, 2.45) is 5.73 Å². The second kappa shape index (κ2) is 8.87. The number of aliphatic carboxylic acids is 1. The minimum atomic E-state index is -1.03. The molecule has 0 aromatic rings. The molecule has 0 rings (SSSR count). The molecule has 0 heterocycles. The molecule has 0 spiro atoms. The van der Waals surface area contributed by atoms with E-state index in [0.717, 1.165) is 0 Å². The molecule has 0 saturated carbocycles. The number of nitrogens with two attached hydrogens (primary N) is 1. The fourth-order valence-corrected chi connectivity index (χ4v) is 0.692. The van der Waals surface area contributed by atoms with Gasteiger partial charge in [-0.15, -0.1) is 0 Å². The molecular weight excluding hydrogens is 194 g/mol. The first-order valence-corrected chi connectivity index (χ1v) is 4.63. The Morgan fingerprint density at radius 1 is 1.47 bits per heavy atom. The highest BCUT2D eigenvalue weighted by Gasteiger charge is 2.05. The zero-order valence-electron chi connectivity index (χ0n) is 9.70. The second-order valence-electron chi connectivity index (χ2n) is 2.29. The van der Waals surface area contributed by atoms with Crippen LogP contribution in [-0.4, -0.2) is 18.2 Å². The summed E-state index contributed by atoms with van der Waals surface area (Å²) in [6.07, 6.45) is 2.77. The lowest BCUT2D eigenvalue weighted by molar-refractivity contribution is -0.132. The Bertz CT molecular complexity index is 278. The largest absolute Gasteiger partial charge is 0.495 e. The van der Waals surface area contributed by atoms with Gasteiger partial charge in [-0.2, -0.15) is 0 Å². The van der Waals surface area contributed by atoms with Gasteiger partial charge < -0.3 is 15.6 Å². The van der Waals surface area contributed by atoms with Gasteiger partial charge in [0.2, 0.25) is 0 Å². The van der Waals surface area contributed by atoms with Gasteiger partial charge in [0.15, 0.2) is 0 Å². The quantitative estimate of drug-likeness (QED) is 0.426. The molecular formula is C11H19NO3. The van der Waals surface area contributed by atoms with Crippen LogP contribution in [0, 0.1) is 0 Å². The summed E-state index contributed by atoms with van der Waals surface area (Å²) in [6, 6.07) is 0. The Kier molecular flexibility index (Phi) is 9.31. The second-order valence-corrected chi connectivity index (χ2v) is 2.29. The Labute approximate surface area is 90.7 Å². The molecule has 0 aromatic carbocycles. The van der Waals surface area contributed by atoms with E-state index in [9.17, 15) is 4.79 Å². The Balaban J connectivity index is 0. The molecule has 0 amide bonds. The highest BCUT2D eigenvalue weighted by molar-refractivity contribution is 5.89. The van der Waals surface area contributed by atoms with Crippen LogP contribution < -0.4 is 5.73 Å². The molecule has 0 bridgehead atoms. The topological polar surface area (TPSA) is 72.6 Å². The van der Waals surface area contributed by atoms with E-state index in [1.807, 2.05) is 13.8 Å². The van der Waals surface area contributed by atoms with Crippen molar-refractivity contribution in [3.63, 3.8) is 0 Å². The zero-order chi connectivity index (χ0) is 12.4. The summed E-state index contributed by atoms with van der Waals surface area (Å²) in [5.41, 5.74) is 5.65. The molecule has 15 heavy (non-hydrogen) atoms. The maximum Gasteiger partial charge on any atom is 0.335 e. The zero-order valence-corrected chi connectivity index (χ0v) is 9.70. The van der Waals surface area contributed by atoms with Crippen LogP contribution >= 0.6 is 0 Å². The van der Waals surface area contributed by atoms with Crippen molar-refractivity contribution in [1.82, 2.24) is 0 Å². The number of ether oxygens (including phenoxy) is 1. The van der Waals surface area contributed by atoms with Crippen molar-refractivity contribution >= 4 is 5.97 Å². The predicted molar refractivity (Wildman–Crippen MR) is 61.2 cm³/mol. The monoisotopic (exact) mass is 213 g/mol. The molecule has 0 atom stereocenters. The van der Waals surface area contributed by atoms with Crippen molar-refractivity contribution in [2.75, 3.05) is 7.11 Å². The van der Waals surface area contributed by atoms with E-state index in [2.05, 4.69) is 6.58 Å². The van der Waals surface area contributed by atoms with Gasteiger partial charge in [-0.3, -0.25) is 0 Å². The van der Waals surface area contributed by atoms with Gasteiger partial charge in [-0.1, -0.05) is 26.5 Å². The molecule has 0 unspecified atom stereocenters. The predicted octanol–water partition coefficient (Wildman–Crippen LogP) is 2.05. The van der Waals surface area contributed by atoms with Crippen LogP contribution in [0.15, 0.2) is 35.8 Å². The number of rotatable bonds is 4. The number of hydrogen-bond donors (Lipinski definition) is 2. The lowest BCUT2D eigenvalue weighted by Crippen LogP contribution is -2.04. The summed E-state index contributed by atoms with van der Waals surface area (Å²) in [4.78, 5) is 10.6. The van der Waals surface area contributed by atoms with Gasteiger partial charge in [0.25, 0.3) is 0 Å². The van der Waals surface area contributed by atoms with Gasteiger partial charge in [0.1, 0.15) is 5.76 Å².